The van der Waals surface area contributed by atoms with Crippen molar-refractivity contribution in [3.05, 3.63) is 54.1 Å². The smallest absolute Gasteiger partial charge is 0.744 e. The van der Waals surface area contributed by atoms with Gasteiger partial charge in [-0.1, -0.05) is 7.43 Å². The molecule has 3 N–H and O–H groups in total. The van der Waals surface area contributed by atoms with Gasteiger partial charge < -0.3 is 35.2 Å². The number of sulfone groups is 2. The Kier molecular flexibility index (Phi) is 30.0. The number of azo groups is 2. The minimum Gasteiger partial charge on any atom is -0.744 e. The molecule has 4 aromatic rings. The van der Waals surface area contributed by atoms with E-state index in [9.17, 15) is 58.4 Å². The van der Waals surface area contributed by atoms with Gasteiger partial charge in [0.25, 0.3) is 0 Å². The number of anilines is 1. The summed E-state index contributed by atoms with van der Waals surface area (Å²) in [5.74, 6) is -2.59. The Bertz CT molecular complexity index is 2720. The number of rotatable bonds is 21. The minimum absolute atomic E-state index is 0. The van der Waals surface area contributed by atoms with Crippen LogP contribution in [0.5, 0.6) is 11.5 Å². The molecular weight excluding hydrogens is 1020 g/mol. The number of nitrogens with two attached hydrogens (primary N) is 1. The van der Waals surface area contributed by atoms with E-state index in [-0.39, 0.29) is 194 Å². The van der Waals surface area contributed by atoms with Gasteiger partial charge in [-0.2, -0.15) is 9.45 Å². The van der Waals surface area contributed by atoms with Crippen molar-refractivity contribution in [1.82, 2.24) is 0 Å². The van der Waals surface area contributed by atoms with Crippen molar-refractivity contribution in [2.45, 2.75) is 33.9 Å². The van der Waals surface area contributed by atoms with E-state index < -0.39 is 96.8 Å². The van der Waals surface area contributed by atoms with Crippen LogP contribution >= 0.6 is 24.4 Å². The molecule has 35 heteroatoms. The van der Waals surface area contributed by atoms with Crippen molar-refractivity contribution in [2.75, 3.05) is 37.6 Å². The SMILES string of the molecule is C.COc1cc(S(=O)(=O)CCOS(=O)(=O)[O-])c(C)cc1N=Nc1cc(S(=O)(=O)[O-])c2cc(SOO[O-])c(N=Nc3ccc(S(=O)(=O)CCOSOO[O-])cc3)c(O)c2c1N.[Na+].[Na+].[Na+].[Na+]. The summed E-state index contributed by atoms with van der Waals surface area (Å²) in [6, 6.07) is 8.57. The van der Waals surface area contributed by atoms with Gasteiger partial charge in [-0.25, -0.2) is 33.7 Å². The van der Waals surface area contributed by atoms with Crippen LogP contribution in [0.3, 0.4) is 0 Å². The maximum atomic E-state index is 12.9. The van der Waals surface area contributed by atoms with Gasteiger partial charge in [0.05, 0.1) is 80.2 Å². The zero-order valence-corrected chi connectivity index (χ0v) is 46.4. The zero-order chi connectivity index (χ0) is 43.8. The zero-order valence-electron chi connectivity index (χ0n) is 33.5. The van der Waals surface area contributed by atoms with Gasteiger partial charge >= 0.3 is 118 Å². The van der Waals surface area contributed by atoms with Crippen LogP contribution in [-0.2, 0) is 67.3 Å². The van der Waals surface area contributed by atoms with Crippen LogP contribution in [0.2, 0.25) is 0 Å². The number of benzene rings is 4. The van der Waals surface area contributed by atoms with E-state index in [1.165, 1.54) is 25.1 Å². The first-order valence-corrected chi connectivity index (χ1v) is 22.7. The molecule has 0 aliphatic rings. The second-order valence-corrected chi connectivity index (χ2v) is 18.9. The van der Waals surface area contributed by atoms with Crippen molar-refractivity contribution in [1.29, 1.82) is 0 Å². The van der Waals surface area contributed by atoms with Gasteiger partial charge in [0.2, 0.25) is 10.4 Å². The number of nitrogen functional groups attached to an aromatic ring is 1. The Labute approximate surface area is 463 Å². The van der Waals surface area contributed by atoms with Crippen LogP contribution in [0.15, 0.2) is 88.6 Å². The fourth-order valence-electron chi connectivity index (χ4n) is 4.86. The molecule has 4 rings (SSSR count). The third-order valence-electron chi connectivity index (χ3n) is 7.40. The number of fused-ring (bicyclic) bond motifs is 1. The van der Waals surface area contributed by atoms with E-state index >= 15 is 0 Å². The molecule has 0 radical (unpaired) electrons. The molecule has 0 unspecified atom stereocenters. The summed E-state index contributed by atoms with van der Waals surface area (Å²) in [7, 11) is -17.6. The number of hydrogen-bond acceptors (Lipinski definition) is 27. The Morgan fingerprint density at radius 1 is 0.750 bits per heavy atom. The third kappa shape index (κ3) is 18.3. The summed E-state index contributed by atoms with van der Waals surface area (Å²) in [5, 5.41) is 53.1. The predicted molar refractivity (Wildman–Crippen MR) is 201 cm³/mol. The topological polar surface area (TPSA) is 389 Å². The summed E-state index contributed by atoms with van der Waals surface area (Å²) in [5.41, 5.74) is 4.64. The monoisotopic (exact) mass is 1050 g/mol. The number of aromatic hydroxyl groups is 1. The molecule has 0 saturated heterocycles. The van der Waals surface area contributed by atoms with Crippen molar-refractivity contribution >= 4 is 104 Å². The molecule has 0 amide bonds. The minimum atomic E-state index is -5.42. The number of ether oxygens (including phenoxy) is 1. The average Bonchev–Trinajstić information content (AvgIpc) is 3.15. The molecule has 0 aromatic heterocycles. The summed E-state index contributed by atoms with van der Waals surface area (Å²) >= 11 is 0.245. The number of methoxy groups -OCH3 is 1. The van der Waals surface area contributed by atoms with Gasteiger partial charge in [0.1, 0.15) is 32.9 Å². The van der Waals surface area contributed by atoms with Crippen molar-refractivity contribution in [3.63, 3.8) is 0 Å². The van der Waals surface area contributed by atoms with E-state index in [0.29, 0.717) is 6.07 Å². The molecule has 0 aliphatic carbocycles. The fourth-order valence-corrected chi connectivity index (χ4v) is 9.19. The number of aryl methyl sites for hydroxylation is 1. The molecule has 0 spiro atoms. The van der Waals surface area contributed by atoms with E-state index in [4.69, 9.17) is 14.7 Å². The number of nitrogens with zero attached hydrogens (tertiary/aromatic N) is 4. The van der Waals surface area contributed by atoms with E-state index in [1.807, 2.05) is 0 Å². The summed E-state index contributed by atoms with van der Waals surface area (Å²) < 4.78 is 143. The molecule has 0 bridgehead atoms. The molecule has 25 nitrogen and oxygen atoms in total. The van der Waals surface area contributed by atoms with E-state index in [2.05, 4.69) is 43.4 Å². The molecule has 0 heterocycles. The Morgan fingerprint density at radius 3 is 1.91 bits per heavy atom. The Hall–Kier alpha value is -0.160. The van der Waals surface area contributed by atoms with Gasteiger partial charge in [0.15, 0.2) is 37.7 Å². The van der Waals surface area contributed by atoms with Gasteiger partial charge in [-0.05, 0) is 55.0 Å². The summed E-state index contributed by atoms with van der Waals surface area (Å²) in [6.07, 6.45) is 0. The average molecular weight is 1050 g/mol. The number of phenols is 1. The van der Waals surface area contributed by atoms with Gasteiger partial charge in [-0.15, -0.1) is 19.7 Å². The largest absolute Gasteiger partial charge is 1.00 e. The number of phenolic OH excluding ortho intramolecular Hbond substituents is 1. The molecule has 0 atom stereocenters. The van der Waals surface area contributed by atoms with Crippen molar-refractivity contribution in [2.24, 2.45) is 20.5 Å². The van der Waals surface area contributed by atoms with Crippen molar-refractivity contribution < 1.29 is 208 Å². The second-order valence-electron chi connectivity index (χ2n) is 11.1. The van der Waals surface area contributed by atoms with Gasteiger partial charge in [0, 0.05) is 11.5 Å². The number of hydrogen-bond donors (Lipinski definition) is 2. The maximum Gasteiger partial charge on any atom is 1.00 e. The van der Waals surface area contributed by atoms with Crippen LogP contribution in [0.25, 0.3) is 10.8 Å². The first-order valence-electron chi connectivity index (χ1n) is 15.3. The first-order chi connectivity index (χ1) is 27.6. The molecule has 0 saturated carbocycles. The van der Waals surface area contributed by atoms with Crippen LogP contribution in [0.1, 0.15) is 13.0 Å². The van der Waals surface area contributed by atoms with Crippen LogP contribution < -0.4 is 139 Å². The molecule has 0 aliphatic heterocycles. The molecule has 64 heavy (non-hydrogen) atoms. The summed E-state index contributed by atoms with van der Waals surface area (Å²) in [4.78, 5) is -1.88. The normalized spacial score (nSPS) is 11.9. The molecule has 0 fully saturated rings. The van der Waals surface area contributed by atoms with Crippen LogP contribution in [0, 0.1) is 6.92 Å². The molecular formula is C29H29N5Na4O20S6. The Balaban J connectivity index is 0. The van der Waals surface area contributed by atoms with Gasteiger partial charge in [-0.3, -0.25) is 18.4 Å². The fraction of sp³-hybridized carbons (Fsp3) is 0.241. The van der Waals surface area contributed by atoms with E-state index in [1.54, 1.807) is 0 Å². The predicted octanol–water partition coefficient (Wildman–Crippen LogP) is -9.11. The first kappa shape index (κ1) is 65.9. The van der Waals surface area contributed by atoms with Crippen LogP contribution in [-0.4, -0.2) is 79.7 Å². The van der Waals surface area contributed by atoms with Crippen LogP contribution in [0.4, 0.5) is 28.4 Å². The Morgan fingerprint density at radius 2 is 1.34 bits per heavy atom. The third-order valence-corrected chi connectivity index (χ3v) is 13.2. The molecule has 330 valence electrons. The standard InChI is InChI=1S/C28H29N5O20S6.CH4.4Na/c1-15-11-19(21(47-2)14-23(15)57(39,40)10-8-49-59(44,45)46)31-32-20-13-24(58(41,42)43)18-12-22(54-52-50-35)27(28(34)25(18)26(20)29)33-30-16-3-5-17(6-4-16)56(37,38)9-7-48-55-53-51-36;;;;;/h3-6,11-14,34-36H,7-10,29H2,1-2H3,(H,41,42,43)(H,44,45,46);1H4;;;;/q;;4*+1/p-4. The van der Waals surface area contributed by atoms with E-state index in [0.717, 1.165) is 31.4 Å². The quantitative estimate of drug-likeness (QED) is 0.00900. The van der Waals surface area contributed by atoms with Crippen molar-refractivity contribution in [3.8, 4) is 11.5 Å². The molecule has 4 aromatic carbocycles. The summed E-state index contributed by atoms with van der Waals surface area (Å²) in [6.45, 7) is -0.0330. The maximum absolute atomic E-state index is 12.9. The second kappa shape index (κ2) is 29.1.